The summed E-state index contributed by atoms with van der Waals surface area (Å²) in [5.74, 6) is -0.0481. The summed E-state index contributed by atoms with van der Waals surface area (Å²) < 4.78 is 1.69. The molecule has 0 unspecified atom stereocenters. The van der Waals surface area contributed by atoms with Crippen LogP contribution in [-0.2, 0) is 24.8 Å². The molecule has 1 fully saturated rings. The van der Waals surface area contributed by atoms with E-state index in [4.69, 9.17) is 0 Å². The molecule has 3 aromatic rings. The highest BCUT2D eigenvalue weighted by molar-refractivity contribution is 5.83. The number of anilines is 1. The Morgan fingerprint density at radius 3 is 2.70 bits per heavy atom. The molecule has 2 aromatic heterocycles. The number of H-pyrrole nitrogens is 1. The number of nitrogens with one attached hydrogen (secondary N) is 2. The second-order valence-corrected chi connectivity index (χ2v) is 8.09. The number of aryl methyl sites for hydroxylation is 3. The van der Waals surface area contributed by atoms with Crippen molar-refractivity contribution in [2.24, 2.45) is 7.05 Å². The molecular weight excluding hydrogens is 378 g/mol. The molecule has 2 N–H and O–H groups in total. The summed E-state index contributed by atoms with van der Waals surface area (Å²) in [6.07, 6.45) is 3.12. The third-order valence-electron chi connectivity index (χ3n) is 6.07. The van der Waals surface area contributed by atoms with Crippen molar-refractivity contribution in [3.05, 3.63) is 57.0 Å². The number of carbonyl (C=O) groups is 1. The summed E-state index contributed by atoms with van der Waals surface area (Å²) in [6, 6.07) is 8.25. The largest absolute Gasteiger partial charge is 0.371 e. The van der Waals surface area contributed by atoms with Crippen LogP contribution in [0.2, 0.25) is 0 Å². The van der Waals surface area contributed by atoms with E-state index < -0.39 is 0 Å². The van der Waals surface area contributed by atoms with Crippen LogP contribution in [0.25, 0.3) is 11.0 Å². The highest BCUT2D eigenvalue weighted by atomic mass is 16.1. The molecular formula is C23H29N5O2. The van der Waals surface area contributed by atoms with Crippen LogP contribution in [0.5, 0.6) is 0 Å². The molecule has 4 rings (SSSR count). The second kappa shape index (κ2) is 8.34. The molecule has 1 aliphatic rings. The van der Waals surface area contributed by atoms with Gasteiger partial charge in [0.05, 0.1) is 5.69 Å². The number of nitrogens with zero attached hydrogens (tertiary/aromatic N) is 3. The summed E-state index contributed by atoms with van der Waals surface area (Å²) in [4.78, 5) is 30.4. The maximum Gasteiger partial charge on any atom is 0.253 e. The lowest BCUT2D eigenvalue weighted by Gasteiger charge is -2.21. The van der Waals surface area contributed by atoms with Crippen molar-refractivity contribution in [2.45, 2.75) is 46.1 Å². The van der Waals surface area contributed by atoms with Gasteiger partial charge in [0.2, 0.25) is 5.91 Å². The molecule has 1 aliphatic heterocycles. The van der Waals surface area contributed by atoms with Crippen molar-refractivity contribution < 1.29 is 4.79 Å². The number of aromatic nitrogens is 3. The molecule has 0 aliphatic carbocycles. The van der Waals surface area contributed by atoms with E-state index in [-0.39, 0.29) is 17.9 Å². The fourth-order valence-electron chi connectivity index (χ4n) is 4.50. The van der Waals surface area contributed by atoms with Gasteiger partial charge in [0.25, 0.3) is 5.56 Å². The maximum atomic E-state index is 12.6. The lowest BCUT2D eigenvalue weighted by atomic mass is 10.0. The van der Waals surface area contributed by atoms with Crippen molar-refractivity contribution in [1.82, 2.24) is 20.1 Å². The van der Waals surface area contributed by atoms with Crippen molar-refractivity contribution in [3.63, 3.8) is 0 Å². The Hall–Kier alpha value is -3.09. The number of hydrogen-bond donors (Lipinski definition) is 2. The van der Waals surface area contributed by atoms with Crippen molar-refractivity contribution in [1.29, 1.82) is 0 Å². The van der Waals surface area contributed by atoms with Gasteiger partial charge in [-0.15, -0.1) is 0 Å². The van der Waals surface area contributed by atoms with Gasteiger partial charge >= 0.3 is 0 Å². The molecule has 0 saturated carbocycles. The molecule has 0 spiro atoms. The minimum atomic E-state index is -0.143. The third-order valence-corrected chi connectivity index (χ3v) is 6.07. The quantitative estimate of drug-likeness (QED) is 0.658. The highest BCUT2D eigenvalue weighted by Crippen LogP contribution is 2.24. The second-order valence-electron chi connectivity index (χ2n) is 8.09. The topological polar surface area (TPSA) is 83.0 Å². The van der Waals surface area contributed by atoms with E-state index in [0.717, 1.165) is 40.9 Å². The first-order chi connectivity index (χ1) is 14.5. The molecule has 7 heteroatoms. The Morgan fingerprint density at radius 2 is 1.93 bits per heavy atom. The van der Waals surface area contributed by atoms with E-state index in [9.17, 15) is 9.59 Å². The van der Waals surface area contributed by atoms with E-state index in [2.05, 4.69) is 32.4 Å². The molecule has 7 nitrogen and oxygen atoms in total. The SMILES string of the molecule is Cc1nn(C)c2[nH]c(=O)c(CCC(=O)NCc3ccccc3N3CCCC3)c(C)c12. The Kier molecular flexibility index (Phi) is 5.61. The Bertz CT molecular complexity index is 1140. The summed E-state index contributed by atoms with van der Waals surface area (Å²) in [6.45, 7) is 6.52. The van der Waals surface area contributed by atoms with Gasteiger partial charge in [-0.2, -0.15) is 5.10 Å². The molecule has 1 aromatic carbocycles. The Balaban J connectivity index is 1.43. The molecule has 3 heterocycles. The molecule has 0 bridgehead atoms. The molecule has 158 valence electrons. The van der Waals surface area contributed by atoms with E-state index in [1.54, 1.807) is 4.68 Å². The van der Waals surface area contributed by atoms with Crippen LogP contribution in [0.4, 0.5) is 5.69 Å². The van der Waals surface area contributed by atoms with Crippen LogP contribution < -0.4 is 15.8 Å². The molecule has 0 radical (unpaired) electrons. The average molecular weight is 408 g/mol. The van der Waals surface area contributed by atoms with Crippen LogP contribution in [-0.4, -0.2) is 33.8 Å². The molecule has 1 amide bonds. The zero-order valence-electron chi connectivity index (χ0n) is 17.9. The number of para-hydroxylation sites is 1. The lowest BCUT2D eigenvalue weighted by molar-refractivity contribution is -0.121. The number of benzene rings is 1. The molecule has 0 atom stereocenters. The number of carbonyl (C=O) groups excluding carboxylic acids is 1. The van der Waals surface area contributed by atoms with E-state index in [1.165, 1.54) is 18.5 Å². The summed E-state index contributed by atoms with van der Waals surface area (Å²) in [5, 5.41) is 8.39. The first-order valence-electron chi connectivity index (χ1n) is 10.6. The van der Waals surface area contributed by atoms with Crippen LogP contribution in [0, 0.1) is 13.8 Å². The standard InChI is InChI=1S/C23H29N5O2/c1-15-18(23(30)25-22-21(15)16(2)26-27(22)3)10-11-20(29)24-14-17-8-4-5-9-19(17)28-12-6-7-13-28/h4-5,8-9H,6-7,10-14H2,1-3H3,(H,24,29)(H,25,30). The van der Waals surface area contributed by atoms with Gasteiger partial charge in [0.1, 0.15) is 5.65 Å². The number of hydrogen-bond acceptors (Lipinski definition) is 4. The van der Waals surface area contributed by atoms with Gasteiger partial charge in [-0.05, 0) is 50.3 Å². The molecule has 1 saturated heterocycles. The fraction of sp³-hybridized carbons (Fsp3) is 0.435. The maximum absolute atomic E-state index is 12.6. The smallest absolute Gasteiger partial charge is 0.253 e. The number of rotatable bonds is 6. The minimum absolute atomic E-state index is 0.0481. The van der Waals surface area contributed by atoms with E-state index in [0.29, 0.717) is 18.5 Å². The number of pyridine rings is 1. The van der Waals surface area contributed by atoms with Crippen LogP contribution >= 0.6 is 0 Å². The number of aromatic amines is 1. The summed E-state index contributed by atoms with van der Waals surface area (Å²) in [5.41, 5.74) is 5.37. The van der Waals surface area contributed by atoms with Gasteiger partial charge < -0.3 is 15.2 Å². The summed E-state index contributed by atoms with van der Waals surface area (Å²) in [7, 11) is 1.82. The highest BCUT2D eigenvalue weighted by Gasteiger charge is 2.17. The zero-order valence-corrected chi connectivity index (χ0v) is 17.9. The van der Waals surface area contributed by atoms with Gasteiger partial charge in [0.15, 0.2) is 0 Å². The van der Waals surface area contributed by atoms with Crippen LogP contribution in [0.15, 0.2) is 29.1 Å². The predicted octanol–water partition coefficient (Wildman–Crippen LogP) is 2.73. The van der Waals surface area contributed by atoms with Gasteiger partial charge in [-0.25, -0.2) is 0 Å². The lowest BCUT2D eigenvalue weighted by Crippen LogP contribution is -2.26. The minimum Gasteiger partial charge on any atom is -0.371 e. The summed E-state index contributed by atoms with van der Waals surface area (Å²) >= 11 is 0. The van der Waals surface area contributed by atoms with Gasteiger partial charge in [-0.3, -0.25) is 14.3 Å². The Labute approximate surface area is 176 Å². The van der Waals surface area contributed by atoms with Crippen molar-refractivity contribution in [3.8, 4) is 0 Å². The number of amides is 1. The number of fused-ring (bicyclic) bond motifs is 1. The van der Waals surface area contributed by atoms with Crippen molar-refractivity contribution in [2.75, 3.05) is 18.0 Å². The van der Waals surface area contributed by atoms with Gasteiger partial charge in [0, 0.05) is 49.7 Å². The predicted molar refractivity (Wildman–Crippen MR) is 119 cm³/mol. The van der Waals surface area contributed by atoms with Crippen molar-refractivity contribution >= 4 is 22.6 Å². The monoisotopic (exact) mass is 407 g/mol. The first-order valence-corrected chi connectivity index (χ1v) is 10.6. The molecule has 30 heavy (non-hydrogen) atoms. The fourth-order valence-corrected chi connectivity index (χ4v) is 4.50. The average Bonchev–Trinajstić information content (AvgIpc) is 3.35. The normalized spacial score (nSPS) is 13.9. The Morgan fingerprint density at radius 1 is 1.20 bits per heavy atom. The van der Waals surface area contributed by atoms with Gasteiger partial charge in [-0.1, -0.05) is 18.2 Å². The first kappa shape index (κ1) is 20.2. The van der Waals surface area contributed by atoms with E-state index in [1.807, 2.05) is 33.0 Å². The van der Waals surface area contributed by atoms with Crippen LogP contribution in [0.3, 0.4) is 0 Å². The van der Waals surface area contributed by atoms with Crippen LogP contribution in [0.1, 0.15) is 41.6 Å². The zero-order chi connectivity index (χ0) is 21.3. The third kappa shape index (κ3) is 3.84. The van der Waals surface area contributed by atoms with E-state index >= 15 is 0 Å².